The summed E-state index contributed by atoms with van der Waals surface area (Å²) in [5.41, 5.74) is 0.774. The van der Waals surface area contributed by atoms with Crippen molar-refractivity contribution < 1.29 is 14.3 Å². The highest BCUT2D eigenvalue weighted by Gasteiger charge is 2.12. The number of carboxylic acid groups (broad SMARTS) is 1. The van der Waals surface area contributed by atoms with Crippen molar-refractivity contribution in [3.05, 3.63) is 46.7 Å². The zero-order valence-electron chi connectivity index (χ0n) is 12.0. The molecule has 1 aromatic heterocycles. The molecule has 2 rings (SSSR count). The van der Waals surface area contributed by atoms with Crippen LogP contribution in [0.3, 0.4) is 0 Å². The van der Waals surface area contributed by atoms with Crippen LogP contribution in [0.4, 0.5) is 0 Å². The van der Waals surface area contributed by atoms with Crippen molar-refractivity contribution >= 4 is 17.6 Å². The molecule has 21 heavy (non-hydrogen) atoms. The lowest BCUT2D eigenvalue weighted by molar-refractivity contribution is 0.0697. The van der Waals surface area contributed by atoms with Gasteiger partial charge in [-0.3, -0.25) is 0 Å². The van der Waals surface area contributed by atoms with Crippen LogP contribution in [0.1, 0.15) is 36.4 Å². The van der Waals surface area contributed by atoms with Crippen molar-refractivity contribution in [2.45, 2.75) is 32.9 Å². The van der Waals surface area contributed by atoms with Crippen LogP contribution in [-0.4, -0.2) is 17.1 Å². The van der Waals surface area contributed by atoms with Crippen LogP contribution < -0.4 is 5.32 Å². The fourth-order valence-electron chi connectivity index (χ4n) is 1.88. The van der Waals surface area contributed by atoms with E-state index >= 15 is 0 Å². The first-order chi connectivity index (χ1) is 10.0. The zero-order chi connectivity index (χ0) is 15.4. The number of benzene rings is 1. The van der Waals surface area contributed by atoms with Gasteiger partial charge in [-0.05, 0) is 43.7 Å². The van der Waals surface area contributed by atoms with Gasteiger partial charge in [0.15, 0.2) is 0 Å². The highest BCUT2D eigenvalue weighted by Crippen LogP contribution is 2.30. The van der Waals surface area contributed by atoms with Crippen LogP contribution in [0.15, 0.2) is 34.7 Å². The minimum Gasteiger partial charge on any atom is -0.478 e. The van der Waals surface area contributed by atoms with Gasteiger partial charge < -0.3 is 14.8 Å². The second-order valence-corrected chi connectivity index (χ2v) is 5.36. The average Bonchev–Trinajstić information content (AvgIpc) is 2.93. The smallest absolute Gasteiger partial charge is 0.335 e. The van der Waals surface area contributed by atoms with Crippen LogP contribution in [0.2, 0.25) is 5.02 Å². The molecule has 0 spiro atoms. The normalized spacial score (nSPS) is 12.3. The molecule has 0 bridgehead atoms. The van der Waals surface area contributed by atoms with Gasteiger partial charge in [-0.2, -0.15) is 0 Å². The quantitative estimate of drug-likeness (QED) is 0.840. The minimum atomic E-state index is -0.988. The first-order valence-electron chi connectivity index (χ1n) is 6.86. The van der Waals surface area contributed by atoms with Gasteiger partial charge in [0.2, 0.25) is 0 Å². The summed E-state index contributed by atoms with van der Waals surface area (Å²) >= 11 is 6.13. The highest BCUT2D eigenvalue weighted by molar-refractivity contribution is 6.33. The van der Waals surface area contributed by atoms with E-state index in [1.165, 1.54) is 12.1 Å². The van der Waals surface area contributed by atoms with Gasteiger partial charge in [-0.25, -0.2) is 4.79 Å². The van der Waals surface area contributed by atoms with E-state index in [9.17, 15) is 4.79 Å². The molecule has 0 saturated heterocycles. The molecule has 1 heterocycles. The Labute approximate surface area is 128 Å². The number of aromatic carboxylic acids is 1. The Bertz CT molecular complexity index is 636. The van der Waals surface area contributed by atoms with Crippen LogP contribution in [0, 0.1) is 0 Å². The summed E-state index contributed by atoms with van der Waals surface area (Å²) in [7, 11) is 0. The molecule has 0 fully saturated rings. The molecule has 0 aliphatic carbocycles. The Hall–Kier alpha value is -1.78. The van der Waals surface area contributed by atoms with Crippen LogP contribution >= 0.6 is 11.6 Å². The van der Waals surface area contributed by atoms with Gasteiger partial charge in [0.1, 0.15) is 11.5 Å². The van der Waals surface area contributed by atoms with Crippen molar-refractivity contribution in [3.8, 4) is 11.3 Å². The molecule has 0 amide bonds. The summed E-state index contributed by atoms with van der Waals surface area (Å²) in [6.45, 7) is 4.85. The fourth-order valence-corrected chi connectivity index (χ4v) is 2.09. The van der Waals surface area contributed by atoms with Crippen molar-refractivity contribution in [1.82, 2.24) is 5.32 Å². The average molecular weight is 308 g/mol. The van der Waals surface area contributed by atoms with Gasteiger partial charge in [-0.15, -0.1) is 0 Å². The van der Waals surface area contributed by atoms with E-state index in [2.05, 4.69) is 19.2 Å². The van der Waals surface area contributed by atoms with Crippen molar-refractivity contribution in [2.24, 2.45) is 0 Å². The van der Waals surface area contributed by atoms with Crippen LogP contribution in [0.25, 0.3) is 11.3 Å². The van der Waals surface area contributed by atoms with Crippen molar-refractivity contribution in [2.75, 3.05) is 0 Å². The Morgan fingerprint density at radius 2 is 2.14 bits per heavy atom. The predicted molar refractivity (Wildman–Crippen MR) is 82.7 cm³/mol. The third kappa shape index (κ3) is 3.86. The van der Waals surface area contributed by atoms with Crippen molar-refractivity contribution in [1.29, 1.82) is 0 Å². The van der Waals surface area contributed by atoms with E-state index in [0.29, 0.717) is 28.9 Å². The lowest BCUT2D eigenvalue weighted by atomic mass is 10.1. The molecule has 4 nitrogen and oxygen atoms in total. The Morgan fingerprint density at radius 3 is 2.81 bits per heavy atom. The Morgan fingerprint density at radius 1 is 1.38 bits per heavy atom. The number of carboxylic acids is 1. The van der Waals surface area contributed by atoms with Crippen molar-refractivity contribution in [3.63, 3.8) is 0 Å². The number of carbonyl (C=O) groups is 1. The van der Waals surface area contributed by atoms with Gasteiger partial charge >= 0.3 is 5.97 Å². The van der Waals surface area contributed by atoms with E-state index in [4.69, 9.17) is 21.1 Å². The summed E-state index contributed by atoms with van der Waals surface area (Å²) in [5, 5.41) is 12.8. The molecular weight excluding hydrogens is 290 g/mol. The van der Waals surface area contributed by atoms with E-state index in [-0.39, 0.29) is 5.56 Å². The largest absolute Gasteiger partial charge is 0.478 e. The molecule has 5 heteroatoms. The van der Waals surface area contributed by atoms with Gasteiger partial charge in [0.25, 0.3) is 0 Å². The molecule has 1 aromatic carbocycles. The van der Waals surface area contributed by atoms with Gasteiger partial charge in [-0.1, -0.05) is 18.5 Å². The monoisotopic (exact) mass is 307 g/mol. The molecule has 2 N–H and O–H groups in total. The van der Waals surface area contributed by atoms with E-state index in [0.717, 1.165) is 12.2 Å². The fraction of sp³-hybridized carbons (Fsp3) is 0.312. The number of furan rings is 1. The number of nitrogens with one attached hydrogen (secondary N) is 1. The van der Waals surface area contributed by atoms with E-state index in [1.54, 1.807) is 12.1 Å². The molecule has 0 radical (unpaired) electrons. The third-order valence-corrected chi connectivity index (χ3v) is 3.71. The second-order valence-electron chi connectivity index (χ2n) is 4.96. The van der Waals surface area contributed by atoms with Crippen LogP contribution in [0.5, 0.6) is 0 Å². The lowest BCUT2D eigenvalue weighted by Crippen LogP contribution is -2.24. The first-order valence-corrected chi connectivity index (χ1v) is 7.24. The highest BCUT2D eigenvalue weighted by atomic mass is 35.5. The summed E-state index contributed by atoms with van der Waals surface area (Å²) in [6, 6.07) is 8.66. The third-order valence-electron chi connectivity index (χ3n) is 3.38. The standard InChI is InChI=1S/C16H18ClNO3/c1-3-10(2)18-9-12-5-7-15(21-12)13-8-11(16(19)20)4-6-14(13)17/h4-8,10,18H,3,9H2,1-2H3,(H,19,20). The molecule has 112 valence electrons. The van der Waals surface area contributed by atoms with Gasteiger partial charge in [0.05, 0.1) is 17.1 Å². The van der Waals surface area contributed by atoms with Crippen LogP contribution in [-0.2, 0) is 6.54 Å². The SMILES string of the molecule is CCC(C)NCc1ccc(-c2cc(C(=O)O)ccc2Cl)o1. The Kier molecular flexibility index (Phi) is 5.04. The number of hydrogen-bond donors (Lipinski definition) is 2. The van der Waals surface area contributed by atoms with E-state index < -0.39 is 5.97 Å². The van der Waals surface area contributed by atoms with E-state index in [1.807, 2.05) is 6.07 Å². The maximum absolute atomic E-state index is 11.0. The molecule has 0 aliphatic heterocycles. The summed E-state index contributed by atoms with van der Waals surface area (Å²) < 4.78 is 5.74. The number of halogens is 1. The molecule has 1 unspecified atom stereocenters. The number of rotatable bonds is 6. The maximum Gasteiger partial charge on any atom is 0.335 e. The zero-order valence-corrected chi connectivity index (χ0v) is 12.8. The molecule has 1 atom stereocenters. The summed E-state index contributed by atoms with van der Waals surface area (Å²) in [4.78, 5) is 11.0. The first kappa shape index (κ1) is 15.6. The molecule has 0 aliphatic rings. The molecule has 0 saturated carbocycles. The molecule has 2 aromatic rings. The topological polar surface area (TPSA) is 62.5 Å². The van der Waals surface area contributed by atoms with Gasteiger partial charge in [0, 0.05) is 11.6 Å². The number of hydrogen-bond acceptors (Lipinski definition) is 3. The Balaban J connectivity index is 2.21. The maximum atomic E-state index is 11.0. The second kappa shape index (κ2) is 6.78. The predicted octanol–water partition coefficient (Wildman–Crippen LogP) is 4.19. The lowest BCUT2D eigenvalue weighted by Gasteiger charge is -2.09. The summed E-state index contributed by atoms with van der Waals surface area (Å²) in [5.74, 6) is 0.379. The summed E-state index contributed by atoms with van der Waals surface area (Å²) in [6.07, 6.45) is 1.04. The minimum absolute atomic E-state index is 0.185. The molecular formula is C16H18ClNO3.